The second-order valence-corrected chi connectivity index (χ2v) is 8.44. The highest BCUT2D eigenvalue weighted by atomic mass is 19.1. The molecule has 8 heteroatoms. The van der Waals surface area contributed by atoms with Crippen molar-refractivity contribution in [3.63, 3.8) is 0 Å². The number of hydrogen-bond donors (Lipinski definition) is 1. The molecule has 1 unspecified atom stereocenters. The van der Waals surface area contributed by atoms with Crippen LogP contribution in [-0.4, -0.2) is 21.1 Å². The van der Waals surface area contributed by atoms with Gasteiger partial charge in [0.05, 0.1) is 18.2 Å². The van der Waals surface area contributed by atoms with Gasteiger partial charge < -0.3 is 9.84 Å². The van der Waals surface area contributed by atoms with Crippen LogP contribution in [0.4, 0.5) is 13.6 Å². The molecule has 0 spiro atoms. The van der Waals surface area contributed by atoms with E-state index in [4.69, 9.17) is 4.52 Å². The van der Waals surface area contributed by atoms with Gasteiger partial charge in [-0.05, 0) is 61.4 Å². The van der Waals surface area contributed by atoms with Crippen LogP contribution in [0.15, 0.2) is 83.0 Å². The molecule has 0 saturated heterocycles. The standard InChI is InChI=1S/C27H22F2N4O2/c1-16-6-8-18(9-7-16)15-33-17(2)23(24(30-27(33)34)20-4-3-5-22(29)14-20)26-31-25(32-35-26)19-10-12-21(28)13-11-19/h3-14,24H,15H2,1-2H3,(H,30,34). The summed E-state index contributed by atoms with van der Waals surface area (Å²) in [7, 11) is 0. The second kappa shape index (κ2) is 9.13. The maximum Gasteiger partial charge on any atom is 0.322 e. The molecule has 1 N–H and O–H groups in total. The first-order chi connectivity index (χ1) is 16.9. The summed E-state index contributed by atoms with van der Waals surface area (Å²) in [6.07, 6.45) is 0. The first kappa shape index (κ1) is 22.5. The molecule has 1 atom stereocenters. The lowest BCUT2D eigenvalue weighted by atomic mass is 9.94. The van der Waals surface area contributed by atoms with Crippen LogP contribution in [0, 0.1) is 18.6 Å². The summed E-state index contributed by atoms with van der Waals surface area (Å²) in [4.78, 5) is 19.3. The summed E-state index contributed by atoms with van der Waals surface area (Å²) in [6.45, 7) is 4.13. The Hall–Kier alpha value is -4.33. The Bertz CT molecular complexity index is 1410. The van der Waals surface area contributed by atoms with Crippen molar-refractivity contribution in [2.45, 2.75) is 26.4 Å². The van der Waals surface area contributed by atoms with Crippen LogP contribution in [0.5, 0.6) is 0 Å². The first-order valence-electron chi connectivity index (χ1n) is 11.1. The molecule has 3 aromatic carbocycles. The lowest BCUT2D eigenvalue weighted by Gasteiger charge is -2.35. The van der Waals surface area contributed by atoms with Crippen molar-refractivity contribution >= 4 is 11.6 Å². The predicted molar refractivity (Wildman–Crippen MR) is 127 cm³/mol. The maximum atomic E-state index is 14.1. The van der Waals surface area contributed by atoms with Crippen LogP contribution in [0.1, 0.15) is 35.5 Å². The molecular formula is C27H22F2N4O2. The zero-order valence-electron chi connectivity index (χ0n) is 19.1. The summed E-state index contributed by atoms with van der Waals surface area (Å²) in [5.74, 6) is -0.331. The molecule has 0 aliphatic carbocycles. The number of carbonyl (C=O) groups is 1. The maximum absolute atomic E-state index is 14.1. The van der Waals surface area contributed by atoms with E-state index in [1.165, 1.54) is 24.3 Å². The molecule has 0 bridgehead atoms. The zero-order chi connectivity index (χ0) is 24.5. The van der Waals surface area contributed by atoms with E-state index in [9.17, 15) is 13.6 Å². The van der Waals surface area contributed by atoms with Crippen molar-refractivity contribution < 1.29 is 18.1 Å². The minimum Gasteiger partial charge on any atom is -0.334 e. The lowest BCUT2D eigenvalue weighted by molar-refractivity contribution is 0.203. The molecule has 1 aliphatic rings. The molecule has 1 aliphatic heterocycles. The predicted octanol–water partition coefficient (Wildman–Crippen LogP) is 6.02. The molecule has 0 saturated carbocycles. The van der Waals surface area contributed by atoms with Crippen molar-refractivity contribution in [1.29, 1.82) is 0 Å². The third-order valence-electron chi connectivity index (χ3n) is 6.00. The Morgan fingerprint density at radius 2 is 1.71 bits per heavy atom. The zero-order valence-corrected chi connectivity index (χ0v) is 19.1. The van der Waals surface area contributed by atoms with E-state index in [-0.39, 0.29) is 23.6 Å². The number of nitrogens with one attached hydrogen (secondary N) is 1. The number of rotatable bonds is 5. The van der Waals surface area contributed by atoms with E-state index in [0.29, 0.717) is 28.9 Å². The largest absolute Gasteiger partial charge is 0.334 e. The summed E-state index contributed by atoms with van der Waals surface area (Å²) in [5.41, 5.74) is 4.37. The molecule has 2 amide bonds. The molecule has 1 aromatic heterocycles. The highest BCUT2D eigenvalue weighted by Crippen LogP contribution is 2.38. The van der Waals surface area contributed by atoms with Gasteiger partial charge in [-0.3, -0.25) is 4.90 Å². The van der Waals surface area contributed by atoms with Crippen molar-refractivity contribution in [3.8, 4) is 11.4 Å². The Labute approximate surface area is 200 Å². The number of carbonyl (C=O) groups excluding carboxylic acids is 1. The van der Waals surface area contributed by atoms with Gasteiger partial charge in [-0.1, -0.05) is 47.1 Å². The number of amides is 2. The van der Waals surface area contributed by atoms with E-state index < -0.39 is 11.9 Å². The minimum absolute atomic E-state index is 0.185. The van der Waals surface area contributed by atoms with E-state index in [2.05, 4.69) is 15.5 Å². The third kappa shape index (κ3) is 4.55. The van der Waals surface area contributed by atoms with Crippen molar-refractivity contribution in [3.05, 3.63) is 113 Å². The molecule has 0 radical (unpaired) electrons. The molecule has 35 heavy (non-hydrogen) atoms. The van der Waals surface area contributed by atoms with Crippen molar-refractivity contribution in [2.24, 2.45) is 0 Å². The number of hydrogen-bond acceptors (Lipinski definition) is 4. The monoisotopic (exact) mass is 472 g/mol. The normalized spacial score (nSPS) is 15.9. The molecule has 6 nitrogen and oxygen atoms in total. The fourth-order valence-electron chi connectivity index (χ4n) is 4.11. The Morgan fingerprint density at radius 3 is 2.43 bits per heavy atom. The van der Waals surface area contributed by atoms with Gasteiger partial charge in [0.15, 0.2) is 0 Å². The highest BCUT2D eigenvalue weighted by molar-refractivity contribution is 5.86. The number of aryl methyl sites for hydroxylation is 1. The SMILES string of the molecule is CC1=C(c2nc(-c3ccc(F)cc3)no2)C(c2cccc(F)c2)NC(=O)N1Cc1ccc(C)cc1. The number of urea groups is 1. The first-order valence-corrected chi connectivity index (χ1v) is 11.1. The third-order valence-corrected chi connectivity index (χ3v) is 6.00. The molecule has 0 fully saturated rings. The summed E-state index contributed by atoms with van der Waals surface area (Å²) < 4.78 is 33.0. The number of benzene rings is 3. The molecule has 2 heterocycles. The molecule has 5 rings (SSSR count). The van der Waals surface area contributed by atoms with Crippen molar-refractivity contribution in [1.82, 2.24) is 20.4 Å². The van der Waals surface area contributed by atoms with Crippen LogP contribution >= 0.6 is 0 Å². The summed E-state index contributed by atoms with van der Waals surface area (Å²) in [5, 5.41) is 7.02. The van der Waals surface area contributed by atoms with Crippen molar-refractivity contribution in [2.75, 3.05) is 0 Å². The number of allylic oxidation sites excluding steroid dienone is 1. The molecule has 176 valence electrons. The van der Waals surface area contributed by atoms with E-state index in [1.54, 1.807) is 36.1 Å². The molecular weight excluding hydrogens is 450 g/mol. The Kier molecular flexibility index (Phi) is 5.86. The van der Waals surface area contributed by atoms with Gasteiger partial charge in [0.2, 0.25) is 5.82 Å². The number of aromatic nitrogens is 2. The van der Waals surface area contributed by atoms with E-state index >= 15 is 0 Å². The van der Waals surface area contributed by atoms with E-state index in [0.717, 1.165) is 11.1 Å². The van der Waals surface area contributed by atoms with E-state index in [1.807, 2.05) is 31.2 Å². The second-order valence-electron chi connectivity index (χ2n) is 8.44. The Morgan fingerprint density at radius 1 is 0.971 bits per heavy atom. The number of nitrogens with zero attached hydrogens (tertiary/aromatic N) is 3. The van der Waals surface area contributed by atoms with Crippen LogP contribution in [0.3, 0.4) is 0 Å². The van der Waals surface area contributed by atoms with Gasteiger partial charge in [-0.15, -0.1) is 0 Å². The van der Waals surface area contributed by atoms with Gasteiger partial charge in [-0.25, -0.2) is 13.6 Å². The highest BCUT2D eigenvalue weighted by Gasteiger charge is 2.36. The van der Waals surface area contributed by atoms with Gasteiger partial charge in [0.25, 0.3) is 5.89 Å². The Balaban J connectivity index is 1.59. The summed E-state index contributed by atoms with van der Waals surface area (Å²) >= 11 is 0. The lowest BCUT2D eigenvalue weighted by Crippen LogP contribution is -2.45. The number of halogens is 2. The van der Waals surface area contributed by atoms with Crippen LogP contribution in [0.2, 0.25) is 0 Å². The minimum atomic E-state index is -0.700. The average Bonchev–Trinajstić information content (AvgIpc) is 3.33. The fourth-order valence-corrected chi connectivity index (χ4v) is 4.11. The smallest absolute Gasteiger partial charge is 0.322 e. The quantitative estimate of drug-likeness (QED) is 0.386. The van der Waals surface area contributed by atoms with Gasteiger partial charge in [-0.2, -0.15) is 4.98 Å². The van der Waals surface area contributed by atoms with Crippen LogP contribution in [0.25, 0.3) is 17.0 Å². The average molecular weight is 472 g/mol. The van der Waals surface area contributed by atoms with Gasteiger partial charge in [0.1, 0.15) is 11.6 Å². The summed E-state index contributed by atoms with van der Waals surface area (Å²) in [6, 6.07) is 18.6. The van der Waals surface area contributed by atoms with Gasteiger partial charge >= 0.3 is 6.03 Å². The van der Waals surface area contributed by atoms with Crippen LogP contribution < -0.4 is 5.32 Å². The fraction of sp³-hybridized carbons (Fsp3) is 0.148. The molecule has 4 aromatic rings. The van der Waals surface area contributed by atoms with Crippen LogP contribution in [-0.2, 0) is 6.54 Å². The topological polar surface area (TPSA) is 71.3 Å². The van der Waals surface area contributed by atoms with Gasteiger partial charge in [0, 0.05) is 11.3 Å².